The van der Waals surface area contributed by atoms with Gasteiger partial charge in [-0.2, -0.15) is 11.3 Å². The highest BCUT2D eigenvalue weighted by molar-refractivity contribution is 7.07. The van der Waals surface area contributed by atoms with Crippen LogP contribution in [0.1, 0.15) is 31.9 Å². The summed E-state index contributed by atoms with van der Waals surface area (Å²) in [6.07, 6.45) is -0.0273. The maximum Gasteiger partial charge on any atom is 0.242 e. The van der Waals surface area contributed by atoms with E-state index in [2.05, 4.69) is 0 Å². The second kappa shape index (κ2) is 6.74. The van der Waals surface area contributed by atoms with Crippen molar-refractivity contribution in [2.45, 2.75) is 32.4 Å². The van der Waals surface area contributed by atoms with Crippen molar-refractivity contribution in [2.24, 2.45) is 5.73 Å². The largest absolute Gasteiger partial charge is 0.386 e. The van der Waals surface area contributed by atoms with Crippen LogP contribution < -0.4 is 5.73 Å². The molecular weight excluding hydrogens is 236 g/mol. The molecule has 2 atom stereocenters. The van der Waals surface area contributed by atoms with Gasteiger partial charge in [-0.05, 0) is 35.7 Å². The number of likely N-dealkylation sites (N-methyl/N-ethyl adjacent to an activating group) is 1. The van der Waals surface area contributed by atoms with Crippen LogP contribution in [0.4, 0.5) is 0 Å². The molecule has 0 aromatic carbocycles. The Labute approximate surface area is 106 Å². The summed E-state index contributed by atoms with van der Waals surface area (Å²) in [5.41, 5.74) is 6.53. The molecule has 1 aromatic rings. The zero-order chi connectivity index (χ0) is 12.8. The van der Waals surface area contributed by atoms with Crippen LogP contribution in [0.3, 0.4) is 0 Å². The van der Waals surface area contributed by atoms with Gasteiger partial charge in [-0.1, -0.05) is 6.92 Å². The van der Waals surface area contributed by atoms with E-state index < -0.39 is 12.1 Å². The minimum Gasteiger partial charge on any atom is -0.386 e. The van der Waals surface area contributed by atoms with E-state index in [1.165, 1.54) is 11.3 Å². The average Bonchev–Trinajstić information content (AvgIpc) is 2.87. The van der Waals surface area contributed by atoms with E-state index in [9.17, 15) is 9.90 Å². The van der Waals surface area contributed by atoms with Gasteiger partial charge < -0.3 is 15.7 Å². The van der Waals surface area contributed by atoms with Crippen molar-refractivity contribution in [3.05, 3.63) is 22.4 Å². The summed E-state index contributed by atoms with van der Waals surface area (Å²) in [5, 5.41) is 13.7. The van der Waals surface area contributed by atoms with Crippen LogP contribution in [0.2, 0.25) is 0 Å². The third-order valence-corrected chi connectivity index (χ3v) is 3.40. The predicted octanol–water partition coefficient (Wildman–Crippen LogP) is 1.37. The molecule has 0 spiro atoms. The molecule has 5 heteroatoms. The third-order valence-electron chi connectivity index (χ3n) is 2.70. The minimum absolute atomic E-state index is 0.187. The lowest BCUT2D eigenvalue weighted by molar-refractivity contribution is -0.135. The van der Waals surface area contributed by atoms with Crippen molar-refractivity contribution in [3.63, 3.8) is 0 Å². The third kappa shape index (κ3) is 3.52. The van der Waals surface area contributed by atoms with Crippen molar-refractivity contribution in [3.8, 4) is 0 Å². The topological polar surface area (TPSA) is 66.6 Å². The molecule has 0 saturated heterocycles. The highest BCUT2D eigenvalue weighted by Gasteiger charge is 2.27. The van der Waals surface area contributed by atoms with E-state index in [0.717, 1.165) is 6.42 Å². The number of amides is 1. The second-order valence-corrected chi connectivity index (χ2v) is 4.73. The first-order valence-corrected chi connectivity index (χ1v) is 6.80. The van der Waals surface area contributed by atoms with Gasteiger partial charge in [0.1, 0.15) is 12.1 Å². The fourth-order valence-corrected chi connectivity index (χ4v) is 2.38. The van der Waals surface area contributed by atoms with Gasteiger partial charge in [0.15, 0.2) is 0 Å². The molecule has 96 valence electrons. The standard InChI is InChI=1S/C12H20N2O2S/c1-3-6-14(4-2)12(16)10(13)11(15)9-5-7-17-8-9/h5,7-8,10-11,15H,3-4,6,13H2,1-2H3. The van der Waals surface area contributed by atoms with E-state index in [0.29, 0.717) is 18.7 Å². The summed E-state index contributed by atoms with van der Waals surface area (Å²) >= 11 is 1.48. The lowest BCUT2D eigenvalue weighted by Gasteiger charge is -2.26. The molecule has 1 amide bonds. The van der Waals surface area contributed by atoms with Crippen molar-refractivity contribution in [1.29, 1.82) is 0 Å². The van der Waals surface area contributed by atoms with E-state index in [4.69, 9.17) is 5.73 Å². The van der Waals surface area contributed by atoms with Gasteiger partial charge in [0.25, 0.3) is 0 Å². The average molecular weight is 256 g/mol. The van der Waals surface area contributed by atoms with Gasteiger partial charge in [0.2, 0.25) is 5.91 Å². The first-order valence-electron chi connectivity index (χ1n) is 5.86. The van der Waals surface area contributed by atoms with Gasteiger partial charge >= 0.3 is 0 Å². The summed E-state index contributed by atoms with van der Waals surface area (Å²) in [7, 11) is 0. The molecule has 0 saturated carbocycles. The van der Waals surface area contributed by atoms with Crippen LogP contribution in [0.25, 0.3) is 0 Å². The highest BCUT2D eigenvalue weighted by atomic mass is 32.1. The first kappa shape index (κ1) is 14.2. The Hall–Kier alpha value is -0.910. The highest BCUT2D eigenvalue weighted by Crippen LogP contribution is 2.19. The molecule has 1 heterocycles. The van der Waals surface area contributed by atoms with E-state index in [1.54, 1.807) is 11.0 Å². The fraction of sp³-hybridized carbons (Fsp3) is 0.583. The molecular formula is C12H20N2O2S. The Balaban J connectivity index is 2.68. The fourth-order valence-electron chi connectivity index (χ4n) is 1.69. The lowest BCUT2D eigenvalue weighted by atomic mass is 10.0. The molecule has 1 rings (SSSR count). The number of hydrogen-bond acceptors (Lipinski definition) is 4. The smallest absolute Gasteiger partial charge is 0.242 e. The molecule has 0 radical (unpaired) electrons. The predicted molar refractivity (Wildman–Crippen MR) is 69.8 cm³/mol. The molecule has 4 nitrogen and oxygen atoms in total. The molecule has 2 unspecified atom stereocenters. The summed E-state index contributed by atoms with van der Waals surface area (Å²) in [6.45, 7) is 5.23. The van der Waals surface area contributed by atoms with Crippen LogP contribution >= 0.6 is 11.3 Å². The van der Waals surface area contributed by atoms with Crippen LogP contribution in [0.15, 0.2) is 16.8 Å². The zero-order valence-corrected chi connectivity index (χ0v) is 11.1. The summed E-state index contributed by atoms with van der Waals surface area (Å²) < 4.78 is 0. The number of aliphatic hydroxyl groups excluding tert-OH is 1. The number of thiophene rings is 1. The molecule has 3 N–H and O–H groups in total. The molecule has 1 aromatic heterocycles. The summed E-state index contributed by atoms with van der Waals surface area (Å²) in [6, 6.07) is 0.912. The monoisotopic (exact) mass is 256 g/mol. The van der Waals surface area contributed by atoms with Crippen LogP contribution in [-0.4, -0.2) is 35.0 Å². The quantitative estimate of drug-likeness (QED) is 0.808. The van der Waals surface area contributed by atoms with Crippen LogP contribution in [0.5, 0.6) is 0 Å². The van der Waals surface area contributed by atoms with Crippen molar-refractivity contribution in [1.82, 2.24) is 4.90 Å². The summed E-state index contributed by atoms with van der Waals surface area (Å²) in [5.74, 6) is -0.187. The maximum absolute atomic E-state index is 12.0. The molecule has 0 bridgehead atoms. The van der Waals surface area contributed by atoms with Gasteiger partial charge in [0, 0.05) is 13.1 Å². The molecule has 17 heavy (non-hydrogen) atoms. The molecule has 0 aliphatic carbocycles. The number of hydrogen-bond donors (Lipinski definition) is 2. The number of nitrogens with zero attached hydrogens (tertiary/aromatic N) is 1. The normalized spacial score (nSPS) is 14.4. The maximum atomic E-state index is 12.0. The van der Waals surface area contributed by atoms with Gasteiger partial charge in [-0.3, -0.25) is 4.79 Å². The van der Waals surface area contributed by atoms with E-state index in [1.807, 2.05) is 24.6 Å². The molecule has 0 aliphatic rings. The number of aliphatic hydroxyl groups is 1. The minimum atomic E-state index is -0.917. The van der Waals surface area contributed by atoms with Crippen molar-refractivity contribution >= 4 is 17.2 Å². The molecule has 0 fully saturated rings. The first-order chi connectivity index (χ1) is 8.11. The number of carbonyl (C=O) groups is 1. The Morgan fingerprint density at radius 2 is 2.29 bits per heavy atom. The lowest BCUT2D eigenvalue weighted by Crippen LogP contribution is -2.47. The van der Waals surface area contributed by atoms with Crippen LogP contribution in [-0.2, 0) is 4.79 Å². The van der Waals surface area contributed by atoms with Gasteiger partial charge in [-0.25, -0.2) is 0 Å². The Morgan fingerprint density at radius 1 is 1.59 bits per heavy atom. The second-order valence-electron chi connectivity index (χ2n) is 3.95. The molecule has 0 aliphatic heterocycles. The number of carbonyl (C=O) groups excluding carboxylic acids is 1. The Bertz CT molecular complexity index is 340. The summed E-state index contributed by atoms with van der Waals surface area (Å²) in [4.78, 5) is 13.7. The van der Waals surface area contributed by atoms with E-state index in [-0.39, 0.29) is 5.91 Å². The van der Waals surface area contributed by atoms with Crippen molar-refractivity contribution < 1.29 is 9.90 Å². The van der Waals surface area contributed by atoms with E-state index >= 15 is 0 Å². The number of rotatable bonds is 6. The number of nitrogens with two attached hydrogens (primary N) is 1. The SMILES string of the molecule is CCCN(CC)C(=O)C(N)C(O)c1ccsc1. The van der Waals surface area contributed by atoms with Crippen LogP contribution in [0, 0.1) is 0 Å². The Kier molecular flexibility index (Phi) is 5.61. The van der Waals surface area contributed by atoms with Crippen molar-refractivity contribution in [2.75, 3.05) is 13.1 Å². The van der Waals surface area contributed by atoms with Gasteiger partial charge in [0.05, 0.1) is 0 Å². The Morgan fingerprint density at radius 3 is 2.76 bits per heavy atom. The van der Waals surface area contributed by atoms with Gasteiger partial charge in [-0.15, -0.1) is 0 Å². The zero-order valence-electron chi connectivity index (χ0n) is 10.3.